The van der Waals surface area contributed by atoms with Gasteiger partial charge in [0.15, 0.2) is 0 Å². The van der Waals surface area contributed by atoms with Crippen LogP contribution in [0.1, 0.15) is 49.7 Å². The number of hydrogen-bond donors (Lipinski definition) is 1. The van der Waals surface area contributed by atoms with Crippen LogP contribution in [0.5, 0.6) is 0 Å². The zero-order valence-corrected chi connectivity index (χ0v) is 12.5. The second-order valence-electron chi connectivity index (χ2n) is 6.55. The molecule has 2 atom stereocenters. The number of aryl methyl sites for hydroxylation is 1. The van der Waals surface area contributed by atoms with Gasteiger partial charge in [-0.3, -0.25) is 4.79 Å². The quantitative estimate of drug-likeness (QED) is 0.810. The Morgan fingerprint density at radius 2 is 1.95 bits per heavy atom. The molecule has 0 unspecified atom stereocenters. The topological polar surface area (TPSA) is 29.1 Å². The van der Waals surface area contributed by atoms with Crippen molar-refractivity contribution in [2.45, 2.75) is 44.9 Å². The third-order valence-corrected chi connectivity index (χ3v) is 5.33. The molecule has 1 fully saturated rings. The van der Waals surface area contributed by atoms with Gasteiger partial charge in [-0.2, -0.15) is 0 Å². The number of carbonyl (C=O) groups excluding carboxylic acids is 1. The Morgan fingerprint density at radius 1 is 1.14 bits per heavy atom. The second-order valence-corrected chi connectivity index (χ2v) is 6.55. The van der Waals surface area contributed by atoms with Gasteiger partial charge >= 0.3 is 0 Å². The number of fused-ring (bicyclic) bond motifs is 5. The summed E-state index contributed by atoms with van der Waals surface area (Å²) >= 11 is 0. The summed E-state index contributed by atoms with van der Waals surface area (Å²) in [4.78, 5) is 11.5. The maximum atomic E-state index is 11.5. The van der Waals surface area contributed by atoms with Crippen LogP contribution in [0, 0.1) is 5.92 Å². The van der Waals surface area contributed by atoms with E-state index in [1.165, 1.54) is 54.0 Å². The van der Waals surface area contributed by atoms with Gasteiger partial charge in [-0.05, 0) is 60.1 Å². The minimum absolute atomic E-state index is 0.0129. The van der Waals surface area contributed by atoms with Crippen molar-refractivity contribution in [1.29, 1.82) is 0 Å². The highest BCUT2D eigenvalue weighted by Gasteiger charge is 2.34. The zero-order chi connectivity index (χ0) is 14.4. The summed E-state index contributed by atoms with van der Waals surface area (Å²) in [5, 5.41) is 5.56. The number of carbonyl (C=O) groups is 1. The molecule has 0 heterocycles. The largest absolute Gasteiger partial charge is 0.326 e. The van der Waals surface area contributed by atoms with Gasteiger partial charge in [0.25, 0.3) is 0 Å². The van der Waals surface area contributed by atoms with Crippen LogP contribution >= 0.6 is 0 Å². The Hall–Kier alpha value is -1.83. The molecule has 1 amide bonds. The van der Waals surface area contributed by atoms with E-state index in [0.29, 0.717) is 5.92 Å². The lowest BCUT2D eigenvalue weighted by Gasteiger charge is -2.30. The van der Waals surface area contributed by atoms with Crippen LogP contribution in [0.25, 0.3) is 10.8 Å². The summed E-state index contributed by atoms with van der Waals surface area (Å²) in [6, 6.07) is 10.8. The average Bonchev–Trinajstić information content (AvgIpc) is 2.95. The van der Waals surface area contributed by atoms with Crippen molar-refractivity contribution in [3.63, 3.8) is 0 Å². The molecule has 0 spiro atoms. The van der Waals surface area contributed by atoms with E-state index in [4.69, 9.17) is 0 Å². The molecule has 2 heteroatoms. The van der Waals surface area contributed by atoms with E-state index in [1.807, 2.05) is 0 Å². The van der Waals surface area contributed by atoms with Gasteiger partial charge in [-0.25, -0.2) is 0 Å². The van der Waals surface area contributed by atoms with Crippen LogP contribution in [-0.2, 0) is 11.2 Å². The molecule has 2 nitrogen and oxygen atoms in total. The van der Waals surface area contributed by atoms with Gasteiger partial charge in [0.2, 0.25) is 5.91 Å². The van der Waals surface area contributed by atoms with Crippen LogP contribution in [-0.4, -0.2) is 5.91 Å². The first kappa shape index (κ1) is 12.9. The van der Waals surface area contributed by atoms with Crippen molar-refractivity contribution >= 4 is 22.4 Å². The first-order valence-electron chi connectivity index (χ1n) is 8.06. The van der Waals surface area contributed by atoms with Gasteiger partial charge in [-0.1, -0.05) is 30.7 Å². The highest BCUT2D eigenvalue weighted by atomic mass is 16.1. The molecule has 0 bridgehead atoms. The number of hydrogen-bond acceptors (Lipinski definition) is 1. The number of anilines is 1. The maximum Gasteiger partial charge on any atom is 0.221 e. The standard InChI is InChI=1S/C19H21NO/c1-12(21)20-19-11-18-14-8-4-5-13(14)9-10-16(18)15-6-2-3-7-17(15)19/h2-3,6-7,11,13-14H,4-5,8-10H2,1H3,(H,20,21)/t13-,14+/m0/s1. The molecular weight excluding hydrogens is 258 g/mol. The fraction of sp³-hybridized carbons (Fsp3) is 0.421. The van der Waals surface area contributed by atoms with Crippen LogP contribution in [0.15, 0.2) is 30.3 Å². The summed E-state index contributed by atoms with van der Waals surface area (Å²) in [7, 11) is 0. The van der Waals surface area contributed by atoms with Crippen LogP contribution in [0.3, 0.4) is 0 Å². The fourth-order valence-corrected chi connectivity index (χ4v) is 4.48. The molecule has 2 aromatic rings. The zero-order valence-electron chi connectivity index (χ0n) is 12.5. The Balaban J connectivity index is 1.95. The van der Waals surface area contributed by atoms with Gasteiger partial charge < -0.3 is 5.32 Å². The SMILES string of the molecule is CC(=O)Nc1cc2c(c3ccccc13)CC[C@@H]1CCC[C@@H]21. The molecule has 2 aliphatic rings. The lowest BCUT2D eigenvalue weighted by molar-refractivity contribution is -0.114. The number of nitrogens with one attached hydrogen (secondary N) is 1. The predicted octanol–water partition coefficient (Wildman–Crippen LogP) is 4.63. The average molecular weight is 279 g/mol. The number of benzene rings is 2. The summed E-state index contributed by atoms with van der Waals surface area (Å²) in [5.41, 5.74) is 4.03. The van der Waals surface area contributed by atoms with Crippen molar-refractivity contribution in [3.05, 3.63) is 41.5 Å². The van der Waals surface area contributed by atoms with E-state index in [0.717, 1.165) is 11.6 Å². The number of amides is 1. The Labute approximate surface area is 125 Å². The lowest BCUT2D eigenvalue weighted by atomic mass is 9.75. The fourth-order valence-electron chi connectivity index (χ4n) is 4.48. The highest BCUT2D eigenvalue weighted by Crippen LogP contribution is 2.49. The third-order valence-electron chi connectivity index (χ3n) is 5.33. The molecular formula is C19H21NO. The summed E-state index contributed by atoms with van der Waals surface area (Å²) in [6.45, 7) is 1.59. The van der Waals surface area contributed by atoms with Gasteiger partial charge in [0, 0.05) is 18.0 Å². The second kappa shape index (κ2) is 4.87. The maximum absolute atomic E-state index is 11.5. The summed E-state index contributed by atoms with van der Waals surface area (Å²) < 4.78 is 0. The van der Waals surface area contributed by atoms with E-state index < -0.39 is 0 Å². The Kier molecular flexibility index (Phi) is 2.99. The van der Waals surface area contributed by atoms with Crippen molar-refractivity contribution in [1.82, 2.24) is 0 Å². The molecule has 0 aliphatic heterocycles. The molecule has 1 N–H and O–H groups in total. The molecule has 21 heavy (non-hydrogen) atoms. The van der Waals surface area contributed by atoms with Crippen molar-refractivity contribution in [3.8, 4) is 0 Å². The highest BCUT2D eigenvalue weighted by molar-refractivity contribution is 6.03. The summed E-state index contributed by atoms with van der Waals surface area (Å²) in [5.74, 6) is 1.59. The van der Waals surface area contributed by atoms with Crippen molar-refractivity contribution in [2.75, 3.05) is 5.32 Å². The smallest absolute Gasteiger partial charge is 0.221 e. The minimum atomic E-state index is 0.0129. The Morgan fingerprint density at radius 3 is 2.76 bits per heavy atom. The monoisotopic (exact) mass is 279 g/mol. The molecule has 0 radical (unpaired) electrons. The van der Waals surface area contributed by atoms with Crippen molar-refractivity contribution in [2.24, 2.45) is 5.92 Å². The van der Waals surface area contributed by atoms with Gasteiger partial charge in [0.05, 0.1) is 0 Å². The van der Waals surface area contributed by atoms with E-state index in [-0.39, 0.29) is 5.91 Å². The van der Waals surface area contributed by atoms with Crippen molar-refractivity contribution < 1.29 is 4.79 Å². The molecule has 2 aliphatic carbocycles. The normalized spacial score (nSPS) is 23.7. The lowest BCUT2D eigenvalue weighted by Crippen LogP contribution is -2.17. The van der Waals surface area contributed by atoms with Gasteiger partial charge in [0.1, 0.15) is 0 Å². The predicted molar refractivity (Wildman–Crippen MR) is 86.7 cm³/mol. The van der Waals surface area contributed by atoms with E-state index in [9.17, 15) is 4.79 Å². The summed E-state index contributed by atoms with van der Waals surface area (Å²) in [6.07, 6.45) is 6.58. The van der Waals surface area contributed by atoms with E-state index in [1.54, 1.807) is 6.92 Å². The van der Waals surface area contributed by atoms with E-state index in [2.05, 4.69) is 35.6 Å². The Bertz CT molecular complexity index is 719. The first-order chi connectivity index (χ1) is 10.2. The molecule has 0 saturated heterocycles. The molecule has 1 saturated carbocycles. The minimum Gasteiger partial charge on any atom is -0.326 e. The molecule has 108 valence electrons. The molecule has 4 rings (SSSR count). The van der Waals surface area contributed by atoms with Crippen LogP contribution in [0.4, 0.5) is 5.69 Å². The molecule has 0 aromatic heterocycles. The van der Waals surface area contributed by atoms with Crippen LogP contribution < -0.4 is 5.32 Å². The van der Waals surface area contributed by atoms with Crippen LogP contribution in [0.2, 0.25) is 0 Å². The number of rotatable bonds is 1. The van der Waals surface area contributed by atoms with E-state index >= 15 is 0 Å². The first-order valence-corrected chi connectivity index (χ1v) is 8.06. The molecule has 2 aromatic carbocycles. The van der Waals surface area contributed by atoms with Gasteiger partial charge in [-0.15, -0.1) is 0 Å². The third kappa shape index (κ3) is 2.05.